The van der Waals surface area contributed by atoms with Crippen molar-refractivity contribution >= 4 is 59.7 Å². The molecule has 0 unspecified atom stereocenters. The third-order valence-corrected chi connectivity index (χ3v) is 7.03. The third-order valence-electron chi connectivity index (χ3n) is 4.74. The van der Waals surface area contributed by atoms with Crippen LogP contribution in [0.2, 0.25) is 0 Å². The summed E-state index contributed by atoms with van der Waals surface area (Å²) < 4.78 is 29.1. The van der Waals surface area contributed by atoms with Crippen LogP contribution in [0.3, 0.4) is 0 Å². The molecule has 0 atom stereocenters. The summed E-state index contributed by atoms with van der Waals surface area (Å²) in [6, 6.07) is 16.7. The predicted molar refractivity (Wildman–Crippen MR) is 135 cm³/mol. The predicted octanol–water partition coefficient (Wildman–Crippen LogP) is 4.54. The lowest BCUT2D eigenvalue weighted by Gasteiger charge is -2.22. The van der Waals surface area contributed by atoms with Crippen LogP contribution in [0.5, 0.6) is 0 Å². The SMILES string of the molecule is Cc1cc(/C=N\NC(=O)CN(c2ccccc2Br)S(C)(=O)=O)c(C)n1-c1cccc(Br)c1. The van der Waals surface area contributed by atoms with Crippen molar-refractivity contribution in [1.29, 1.82) is 0 Å². The Labute approximate surface area is 204 Å². The number of carbonyl (C=O) groups excluding carboxylic acids is 1. The van der Waals surface area contributed by atoms with E-state index in [0.29, 0.717) is 10.2 Å². The van der Waals surface area contributed by atoms with Gasteiger partial charge in [-0.2, -0.15) is 5.10 Å². The second kappa shape index (κ2) is 10.0. The van der Waals surface area contributed by atoms with Gasteiger partial charge in [-0.05, 0) is 66.2 Å². The normalized spacial score (nSPS) is 11.7. The van der Waals surface area contributed by atoms with Crippen LogP contribution >= 0.6 is 31.9 Å². The van der Waals surface area contributed by atoms with E-state index < -0.39 is 22.5 Å². The highest BCUT2D eigenvalue weighted by Gasteiger charge is 2.22. The minimum atomic E-state index is -3.67. The third kappa shape index (κ3) is 5.67. The molecule has 32 heavy (non-hydrogen) atoms. The number of nitrogens with one attached hydrogen (secondary N) is 1. The molecule has 0 aliphatic heterocycles. The topological polar surface area (TPSA) is 83.8 Å². The van der Waals surface area contributed by atoms with Crippen molar-refractivity contribution in [1.82, 2.24) is 9.99 Å². The van der Waals surface area contributed by atoms with Gasteiger partial charge in [-0.1, -0.05) is 34.1 Å². The Morgan fingerprint density at radius 1 is 1.12 bits per heavy atom. The van der Waals surface area contributed by atoms with Gasteiger partial charge in [0.15, 0.2) is 0 Å². The molecule has 2 aromatic carbocycles. The molecule has 3 rings (SSSR count). The Kier molecular flexibility index (Phi) is 7.58. The van der Waals surface area contributed by atoms with Crippen molar-refractivity contribution in [2.75, 3.05) is 17.1 Å². The Balaban J connectivity index is 1.75. The first-order chi connectivity index (χ1) is 15.1. The first kappa shape index (κ1) is 24.2. The molecular weight excluding hydrogens is 560 g/mol. The van der Waals surface area contributed by atoms with Crippen LogP contribution in [0.15, 0.2) is 68.6 Å². The van der Waals surface area contributed by atoms with Gasteiger partial charge in [0.05, 0.1) is 18.2 Å². The summed E-state index contributed by atoms with van der Waals surface area (Å²) in [7, 11) is -3.67. The lowest BCUT2D eigenvalue weighted by atomic mass is 10.2. The summed E-state index contributed by atoms with van der Waals surface area (Å²) in [5.41, 5.74) is 6.63. The number of benzene rings is 2. The molecule has 1 heterocycles. The first-order valence-corrected chi connectivity index (χ1v) is 13.0. The summed E-state index contributed by atoms with van der Waals surface area (Å²) in [6.45, 7) is 3.57. The highest BCUT2D eigenvalue weighted by Crippen LogP contribution is 2.27. The van der Waals surface area contributed by atoms with Crippen LogP contribution in [0.1, 0.15) is 17.0 Å². The quantitative estimate of drug-likeness (QED) is 0.328. The van der Waals surface area contributed by atoms with E-state index in [4.69, 9.17) is 0 Å². The molecule has 0 radical (unpaired) electrons. The number of aryl methyl sites for hydroxylation is 1. The second-order valence-electron chi connectivity index (χ2n) is 7.16. The van der Waals surface area contributed by atoms with Crippen LogP contribution in [-0.4, -0.2) is 37.9 Å². The number of aromatic nitrogens is 1. The summed E-state index contributed by atoms with van der Waals surface area (Å²) in [6.07, 6.45) is 2.61. The number of anilines is 1. The zero-order valence-corrected chi connectivity index (χ0v) is 21.7. The first-order valence-electron chi connectivity index (χ1n) is 9.57. The molecule has 3 aromatic rings. The molecule has 0 spiro atoms. The van der Waals surface area contributed by atoms with Crippen molar-refractivity contribution in [2.45, 2.75) is 13.8 Å². The lowest BCUT2D eigenvalue weighted by Crippen LogP contribution is -2.39. The van der Waals surface area contributed by atoms with Crippen LogP contribution in [0.25, 0.3) is 5.69 Å². The van der Waals surface area contributed by atoms with Crippen LogP contribution in [0.4, 0.5) is 5.69 Å². The Morgan fingerprint density at radius 3 is 2.50 bits per heavy atom. The molecule has 10 heteroatoms. The van der Waals surface area contributed by atoms with Crippen molar-refractivity contribution < 1.29 is 13.2 Å². The Bertz CT molecular complexity index is 1290. The maximum Gasteiger partial charge on any atom is 0.260 e. The zero-order chi connectivity index (χ0) is 23.5. The van der Waals surface area contributed by atoms with E-state index in [1.165, 1.54) is 0 Å². The van der Waals surface area contributed by atoms with Gasteiger partial charge in [0.25, 0.3) is 5.91 Å². The molecule has 168 valence electrons. The monoisotopic (exact) mass is 580 g/mol. The van der Waals surface area contributed by atoms with Gasteiger partial charge in [0.1, 0.15) is 6.54 Å². The maximum atomic E-state index is 12.4. The minimum absolute atomic E-state index is 0.381. The van der Waals surface area contributed by atoms with E-state index in [-0.39, 0.29) is 0 Å². The van der Waals surface area contributed by atoms with Crippen molar-refractivity contribution in [3.63, 3.8) is 0 Å². The molecule has 1 N–H and O–H groups in total. The minimum Gasteiger partial charge on any atom is -0.318 e. The molecule has 0 aliphatic carbocycles. The Hall–Kier alpha value is -2.43. The van der Waals surface area contributed by atoms with E-state index in [2.05, 4.69) is 47.0 Å². The number of halogens is 2. The highest BCUT2D eigenvalue weighted by molar-refractivity contribution is 9.10. The van der Waals surface area contributed by atoms with Crippen LogP contribution in [-0.2, 0) is 14.8 Å². The zero-order valence-electron chi connectivity index (χ0n) is 17.7. The lowest BCUT2D eigenvalue weighted by molar-refractivity contribution is -0.119. The Morgan fingerprint density at radius 2 is 1.84 bits per heavy atom. The van der Waals surface area contributed by atoms with Gasteiger partial charge in [-0.3, -0.25) is 9.10 Å². The number of hydrogen-bond acceptors (Lipinski definition) is 4. The van der Waals surface area contributed by atoms with Crippen molar-refractivity contribution in [3.8, 4) is 5.69 Å². The van der Waals surface area contributed by atoms with E-state index >= 15 is 0 Å². The van der Waals surface area contributed by atoms with Gasteiger partial charge in [-0.15, -0.1) is 0 Å². The maximum absolute atomic E-state index is 12.4. The van der Waals surface area contributed by atoms with Crippen molar-refractivity contribution in [2.24, 2.45) is 5.10 Å². The molecule has 0 fully saturated rings. The van der Waals surface area contributed by atoms with E-state index in [0.717, 1.165) is 37.7 Å². The van der Waals surface area contributed by atoms with Crippen LogP contribution < -0.4 is 9.73 Å². The molecule has 1 amide bonds. The van der Waals surface area contributed by atoms with Crippen LogP contribution in [0, 0.1) is 13.8 Å². The number of hydrogen-bond donors (Lipinski definition) is 1. The van der Waals surface area contributed by atoms with Gasteiger partial charge in [0.2, 0.25) is 10.0 Å². The molecule has 7 nitrogen and oxygen atoms in total. The largest absolute Gasteiger partial charge is 0.318 e. The molecule has 0 saturated heterocycles. The summed E-state index contributed by atoms with van der Waals surface area (Å²) in [4.78, 5) is 12.4. The fraction of sp³-hybridized carbons (Fsp3) is 0.182. The molecule has 0 saturated carbocycles. The number of amides is 1. The summed E-state index contributed by atoms with van der Waals surface area (Å²) in [5, 5.41) is 4.04. The molecule has 0 bridgehead atoms. The fourth-order valence-electron chi connectivity index (χ4n) is 3.31. The number of rotatable bonds is 7. The molecular formula is C22H22Br2N4O3S. The van der Waals surface area contributed by atoms with E-state index in [1.807, 2.05) is 44.2 Å². The molecule has 0 aliphatic rings. The number of sulfonamides is 1. The standard InChI is InChI=1S/C22H22Br2N4O3S/c1-15-11-17(16(2)28(15)19-8-6-7-18(23)12-19)13-25-26-22(29)14-27(32(3,30)31)21-10-5-4-9-20(21)24/h4-13H,14H2,1-3H3,(H,26,29)/b25-13-. The highest BCUT2D eigenvalue weighted by atomic mass is 79.9. The van der Waals surface area contributed by atoms with Crippen molar-refractivity contribution in [3.05, 3.63) is 80.5 Å². The average molecular weight is 582 g/mol. The fourth-order valence-corrected chi connectivity index (χ4v) is 5.18. The van der Waals surface area contributed by atoms with Gasteiger partial charge >= 0.3 is 0 Å². The summed E-state index contributed by atoms with van der Waals surface area (Å²) >= 11 is 6.82. The second-order valence-corrected chi connectivity index (χ2v) is 10.8. The number of nitrogens with zero attached hydrogens (tertiary/aromatic N) is 3. The average Bonchev–Trinajstić information content (AvgIpc) is 2.99. The number of carbonyl (C=O) groups is 1. The van der Waals surface area contributed by atoms with Gasteiger partial charge in [-0.25, -0.2) is 13.8 Å². The molecule has 1 aromatic heterocycles. The number of para-hydroxylation sites is 1. The smallest absolute Gasteiger partial charge is 0.260 e. The number of hydrazone groups is 1. The van der Waals surface area contributed by atoms with Gasteiger partial charge in [0, 0.05) is 31.6 Å². The van der Waals surface area contributed by atoms with E-state index in [9.17, 15) is 13.2 Å². The summed E-state index contributed by atoms with van der Waals surface area (Å²) in [5.74, 6) is -0.553. The van der Waals surface area contributed by atoms with E-state index in [1.54, 1.807) is 30.5 Å². The van der Waals surface area contributed by atoms with Gasteiger partial charge < -0.3 is 4.57 Å².